The summed E-state index contributed by atoms with van der Waals surface area (Å²) in [6.07, 6.45) is -1.45. The number of aliphatic carboxylic acids is 1. The molecule has 23 heteroatoms. The number of imide groups is 1. The second-order valence-electron chi connectivity index (χ2n) is 12.8. The largest absolute Gasteiger partial charge is 0.481 e. The summed E-state index contributed by atoms with van der Waals surface area (Å²) in [4.78, 5) is 105. The maximum absolute atomic E-state index is 15.4. The van der Waals surface area contributed by atoms with Crippen LogP contribution in [0.25, 0.3) is 0 Å². The summed E-state index contributed by atoms with van der Waals surface area (Å²) in [6, 6.07) is 1.89. The molecule has 0 radical (unpaired) electrons. The van der Waals surface area contributed by atoms with Gasteiger partial charge in [0.2, 0.25) is 11.8 Å². The summed E-state index contributed by atoms with van der Waals surface area (Å²) in [6.45, 7) is 2.61. The Morgan fingerprint density at radius 1 is 0.942 bits per heavy atom. The molecule has 3 unspecified atom stereocenters. The molecule has 0 bridgehead atoms. The number of fused-ring (bicyclic) bond motifs is 2. The molecule has 6 atom stereocenters. The predicted octanol–water partition coefficient (Wildman–Crippen LogP) is 1.64. The van der Waals surface area contributed by atoms with Gasteiger partial charge in [0, 0.05) is 31.6 Å². The maximum Gasteiger partial charge on any atom is 0.409 e. The van der Waals surface area contributed by atoms with Gasteiger partial charge in [0.15, 0.2) is 17.4 Å². The van der Waals surface area contributed by atoms with Crippen LogP contribution in [0.4, 0.5) is 35.3 Å². The van der Waals surface area contributed by atoms with Gasteiger partial charge in [-0.1, -0.05) is 6.92 Å². The fraction of sp³-hybridized carbons (Fsp3) is 0.448. The highest BCUT2D eigenvalue weighted by molar-refractivity contribution is 7.70. The number of carboxylic acid groups (broad SMARTS) is 1. The third-order valence-electron chi connectivity index (χ3n) is 9.14. The molecule has 3 heterocycles. The van der Waals surface area contributed by atoms with E-state index in [1.165, 1.54) is 6.92 Å². The van der Waals surface area contributed by atoms with Crippen molar-refractivity contribution in [2.45, 2.75) is 31.9 Å². The van der Waals surface area contributed by atoms with E-state index in [2.05, 4.69) is 15.0 Å². The molecular weight excluding hydrogens is 745 g/mol. The third kappa shape index (κ3) is 7.99. The number of carbonyl (C=O) groups is 5. The molecule has 2 aliphatic heterocycles. The highest BCUT2D eigenvalue weighted by Crippen LogP contribution is 2.60. The first-order valence-corrected chi connectivity index (χ1v) is 18.8. The third-order valence-corrected chi connectivity index (χ3v) is 12.3. The zero-order chi connectivity index (χ0) is 38.6. The number of amides is 3. The number of hydrogen-bond acceptors (Lipinski definition) is 11. The Kier molecular flexibility index (Phi) is 10.6. The Morgan fingerprint density at radius 2 is 1.56 bits per heavy atom. The van der Waals surface area contributed by atoms with Crippen molar-refractivity contribution in [3.8, 4) is 0 Å². The Bertz CT molecular complexity index is 1910. The number of nitrogens with zero attached hydrogens (tertiary/aromatic N) is 3. The lowest BCUT2D eigenvalue weighted by Crippen LogP contribution is -2.48. The molecule has 7 N–H and O–H groups in total. The average Bonchev–Trinajstić information content (AvgIpc) is 3.44. The van der Waals surface area contributed by atoms with E-state index in [0.29, 0.717) is 12.5 Å². The molecule has 1 aliphatic carbocycles. The van der Waals surface area contributed by atoms with Crippen LogP contribution in [0.2, 0.25) is 0 Å². The van der Waals surface area contributed by atoms with E-state index < -0.39 is 92.3 Å². The van der Waals surface area contributed by atoms with E-state index in [0.717, 1.165) is 30.0 Å². The van der Waals surface area contributed by atoms with E-state index in [-0.39, 0.29) is 53.7 Å². The molecule has 5 rings (SSSR count). The van der Waals surface area contributed by atoms with Gasteiger partial charge in [0.25, 0.3) is 0 Å². The zero-order valence-corrected chi connectivity index (χ0v) is 28.8. The lowest BCUT2D eigenvalue weighted by molar-refractivity contribution is -0.140. The van der Waals surface area contributed by atoms with Crippen LogP contribution in [0.1, 0.15) is 30.6 Å². The van der Waals surface area contributed by atoms with Crippen molar-refractivity contribution in [1.29, 1.82) is 0 Å². The highest BCUT2D eigenvalue weighted by atomic mass is 31.2. The number of ether oxygens (including phenoxy) is 1. The second kappa shape index (κ2) is 14.2. The van der Waals surface area contributed by atoms with Crippen molar-refractivity contribution >= 4 is 62.2 Å². The highest BCUT2D eigenvalue weighted by Gasteiger charge is 2.56. The van der Waals surface area contributed by atoms with Crippen LogP contribution in [-0.2, 0) is 28.3 Å². The zero-order valence-electron chi connectivity index (χ0n) is 27.1. The number of anilines is 3. The number of alkyl carbamates (subject to hydrolysis) is 1. The molecule has 2 aromatic rings. The maximum atomic E-state index is 15.4. The Hall–Kier alpha value is -4.39. The quantitative estimate of drug-likeness (QED) is 0.126. The van der Waals surface area contributed by atoms with Crippen LogP contribution < -0.4 is 20.4 Å². The molecule has 2 fully saturated rings. The van der Waals surface area contributed by atoms with E-state index in [1.54, 1.807) is 4.90 Å². The van der Waals surface area contributed by atoms with Crippen LogP contribution in [0.3, 0.4) is 0 Å². The summed E-state index contributed by atoms with van der Waals surface area (Å²) in [5.41, 5.74) is -3.75. The number of ketones is 1. The van der Waals surface area contributed by atoms with E-state index >= 15 is 4.39 Å². The minimum atomic E-state index is -5.60. The van der Waals surface area contributed by atoms with Gasteiger partial charge < -0.3 is 44.5 Å². The number of carboxylic acids is 1. The average molecular weight is 778 g/mol. The summed E-state index contributed by atoms with van der Waals surface area (Å²) in [5.74, 6) is -9.98. The number of piperidine rings is 1. The number of benzene rings is 1. The smallest absolute Gasteiger partial charge is 0.409 e. The van der Waals surface area contributed by atoms with Gasteiger partial charge in [-0.15, -0.1) is 0 Å². The molecule has 3 amide bonds. The van der Waals surface area contributed by atoms with Crippen molar-refractivity contribution in [1.82, 2.24) is 15.6 Å². The number of halogens is 3. The minimum absolute atomic E-state index is 0.0294. The number of hydrogen-bond donors (Lipinski definition) is 7. The molecule has 1 aromatic heterocycles. The van der Waals surface area contributed by atoms with Gasteiger partial charge in [0.1, 0.15) is 29.4 Å². The molecule has 282 valence electrons. The lowest BCUT2D eigenvalue weighted by atomic mass is 9.92. The van der Waals surface area contributed by atoms with Gasteiger partial charge in [-0.25, -0.2) is 22.9 Å². The summed E-state index contributed by atoms with van der Waals surface area (Å²) in [7, 11) is -11.2. The van der Waals surface area contributed by atoms with E-state index in [4.69, 9.17) is 19.6 Å². The van der Waals surface area contributed by atoms with Gasteiger partial charge in [-0.2, -0.15) is 0 Å². The Labute approximate surface area is 291 Å². The molecule has 0 spiro atoms. The number of carbonyl (C=O) groups excluding carboxylic acids is 4. The summed E-state index contributed by atoms with van der Waals surface area (Å²) in [5, 5.41) is 13.5. The summed E-state index contributed by atoms with van der Waals surface area (Å²) >= 11 is 0. The second-order valence-corrected chi connectivity index (χ2v) is 16.5. The minimum Gasteiger partial charge on any atom is -0.481 e. The molecule has 52 heavy (non-hydrogen) atoms. The van der Waals surface area contributed by atoms with Crippen molar-refractivity contribution in [3.05, 3.63) is 47.3 Å². The van der Waals surface area contributed by atoms with Crippen LogP contribution >= 0.6 is 15.2 Å². The number of nitrogens with one attached hydrogen (secondary N) is 2. The van der Waals surface area contributed by atoms with Crippen molar-refractivity contribution < 1.29 is 75.7 Å². The standard InChI is InChI=1S/C29H32F3N5O13P2/c1-11(25(39)35-26(40)12(2)33-28(43)50-29(51(44,45)46)52(47,48)49)5-14-16-8-36(9-17(14)16)24-20(32)7-15-22(38)18(27(41)42)10-37(23(15)34-24)21-4-3-13(30)6-19(21)31/h3-4,6-7,11-12,14,16-18,29H,5,8-10H2,1-2H3,(H,33,43)(H,41,42)(H,35,39,40)(H2,44,45,46)(H2,47,48,49)/t11?,12-,14?,16-,17+,18?/m0/s1. The topological polar surface area (TPSA) is 273 Å². The first-order valence-electron chi connectivity index (χ1n) is 15.5. The van der Waals surface area contributed by atoms with E-state index in [1.807, 2.05) is 5.32 Å². The van der Waals surface area contributed by atoms with Gasteiger partial charge >= 0.3 is 32.8 Å². The predicted molar refractivity (Wildman–Crippen MR) is 170 cm³/mol. The molecule has 1 aromatic carbocycles. The summed E-state index contributed by atoms with van der Waals surface area (Å²) < 4.78 is 70.6. The molecular formula is C29H32F3N5O13P2. The lowest BCUT2D eigenvalue weighted by Gasteiger charge is -2.34. The van der Waals surface area contributed by atoms with Crippen LogP contribution in [0, 0.1) is 47.0 Å². The molecule has 18 nitrogen and oxygen atoms in total. The fourth-order valence-electron chi connectivity index (χ4n) is 6.47. The number of pyridine rings is 1. The normalized spacial score (nSPS) is 22.3. The first kappa shape index (κ1) is 38.8. The monoisotopic (exact) mass is 777 g/mol. The van der Waals surface area contributed by atoms with Gasteiger partial charge in [-0.05, 0) is 49.3 Å². The first-order chi connectivity index (χ1) is 24.1. The van der Waals surface area contributed by atoms with Crippen LogP contribution in [0.5, 0.6) is 0 Å². The molecule has 1 saturated heterocycles. The van der Waals surface area contributed by atoms with Crippen LogP contribution in [-0.4, -0.2) is 90.6 Å². The van der Waals surface area contributed by atoms with Gasteiger partial charge in [0.05, 0.1) is 11.3 Å². The Morgan fingerprint density at radius 3 is 2.12 bits per heavy atom. The molecule has 1 saturated carbocycles. The molecule has 3 aliphatic rings. The number of aromatic nitrogens is 1. The van der Waals surface area contributed by atoms with Crippen LogP contribution in [0.15, 0.2) is 24.3 Å². The van der Waals surface area contributed by atoms with Gasteiger partial charge in [-0.3, -0.25) is 33.6 Å². The van der Waals surface area contributed by atoms with Crippen molar-refractivity contribution in [2.24, 2.45) is 29.6 Å². The van der Waals surface area contributed by atoms with E-state index in [9.17, 15) is 47.0 Å². The number of rotatable bonds is 11. The Balaban J connectivity index is 1.19. The van der Waals surface area contributed by atoms with Crippen molar-refractivity contribution in [2.75, 3.05) is 29.4 Å². The number of Topliss-reactive ketones (excluding diaryl/α,β-unsaturated/α-hetero) is 1. The SMILES string of the molecule is CC(CC1[C@H]2CN(c3nc4c(cc3F)C(=O)C(C(=O)O)CN4c3ccc(F)cc3F)C[C@@H]12)C(=O)NC(=O)[C@H](C)NC(=O)OC(P(=O)(O)O)P(=O)(O)O. The van der Waals surface area contributed by atoms with Crippen molar-refractivity contribution in [3.63, 3.8) is 0 Å². The fourth-order valence-corrected chi connectivity index (χ4v) is 8.50.